The fourth-order valence-electron chi connectivity index (χ4n) is 1.13. The largest absolute Gasteiger partial charge is 0.153 e. The molecule has 0 heterocycles. The maximum atomic E-state index is 4.00. The first-order valence-electron chi connectivity index (χ1n) is 3.13. The van der Waals surface area contributed by atoms with Crippen LogP contribution in [0.15, 0.2) is 0 Å². The maximum Gasteiger partial charge on any atom is 0.153 e. The molecule has 0 amide bonds. The Kier molecular flexibility index (Phi) is 22.0. The highest BCUT2D eigenvalue weighted by Crippen LogP contribution is 2.22. The Labute approximate surface area is 83.2 Å². The van der Waals surface area contributed by atoms with E-state index in [0.717, 1.165) is 5.92 Å². The summed E-state index contributed by atoms with van der Waals surface area (Å²) in [4.78, 5) is 0. The van der Waals surface area contributed by atoms with Crippen molar-refractivity contribution in [3.05, 3.63) is 0 Å². The van der Waals surface area contributed by atoms with E-state index in [0.29, 0.717) is 0 Å². The van der Waals surface area contributed by atoms with Crippen molar-refractivity contribution in [2.24, 2.45) is 5.92 Å². The molecule has 0 N–H and O–H groups in total. The van der Waals surface area contributed by atoms with Crippen molar-refractivity contribution in [1.29, 1.82) is 0 Å². The molecule has 1 fully saturated rings. The van der Waals surface area contributed by atoms with Crippen LogP contribution in [0.2, 0.25) is 0 Å². The maximum absolute atomic E-state index is 4.00. The molecule has 0 spiro atoms. The summed E-state index contributed by atoms with van der Waals surface area (Å²) in [5.74, 6) is 1.05. The Morgan fingerprint density at radius 3 is 1.50 bits per heavy atom. The van der Waals surface area contributed by atoms with Crippen LogP contribution in [0.4, 0.5) is 0 Å². The highest BCUT2D eigenvalue weighted by atomic mass is 35.5. The van der Waals surface area contributed by atoms with Crippen LogP contribution >= 0.6 is 32.8 Å². The third-order valence-corrected chi connectivity index (χ3v) is 1.64. The van der Waals surface area contributed by atoms with Crippen LogP contribution in [0.3, 0.4) is 0 Å². The van der Waals surface area contributed by atoms with Gasteiger partial charge in [-0.15, -0.1) is 24.8 Å². The van der Waals surface area contributed by atoms with Gasteiger partial charge in [0.15, 0.2) is 11.8 Å². The molecular weight excluding hydrogens is 206 g/mol. The highest BCUT2D eigenvalue weighted by molar-refractivity contribution is 7.88. The third kappa shape index (κ3) is 9.10. The van der Waals surface area contributed by atoms with Gasteiger partial charge in [-0.25, -0.2) is 0 Å². The second-order valence-electron chi connectivity index (χ2n) is 2.39. The lowest BCUT2D eigenvalue weighted by atomic mass is 10.2. The van der Waals surface area contributed by atoms with Gasteiger partial charge in [0.05, 0.1) is 0 Å². The Bertz CT molecular complexity index is 57.7. The molecule has 0 aromatic rings. The van der Waals surface area contributed by atoms with Crippen molar-refractivity contribution in [2.45, 2.75) is 32.6 Å². The minimum Gasteiger partial charge on any atom is -0.147 e. The van der Waals surface area contributed by atoms with Gasteiger partial charge >= 0.3 is 0 Å². The quantitative estimate of drug-likeness (QED) is 0.566. The fraction of sp³-hybridized carbons (Fsp3) is 1.00. The molecule has 64 valence electrons. The molecule has 0 aromatic heterocycles. The van der Waals surface area contributed by atoms with Gasteiger partial charge in [0, 0.05) is 0 Å². The van der Waals surface area contributed by atoms with E-state index in [-0.39, 0.29) is 24.8 Å². The fourth-order valence-corrected chi connectivity index (χ4v) is 1.13. The summed E-state index contributed by atoms with van der Waals surface area (Å²) in [6, 6.07) is 0. The summed E-state index contributed by atoms with van der Waals surface area (Å²) in [5.41, 5.74) is 0. The van der Waals surface area contributed by atoms with E-state index in [1.54, 1.807) is 0 Å². The first kappa shape index (κ1) is 17.3. The number of halogens is 2. The lowest BCUT2D eigenvalue weighted by molar-refractivity contribution is 0.612. The minimum atomic E-state index is 0. The second-order valence-corrected chi connectivity index (χ2v) is 2.39. The second kappa shape index (κ2) is 12.7. The molecule has 0 aliphatic heterocycles. The SMILES string of the molecule is CC1CCCC1.Cl.Cl.[PH2+]=S. The zero-order valence-corrected chi connectivity index (χ0v) is 9.81. The molecule has 0 nitrogen and oxygen atoms in total. The van der Waals surface area contributed by atoms with Gasteiger partial charge in [0.1, 0.15) is 8.02 Å². The topological polar surface area (TPSA) is 0 Å². The molecule has 4 heteroatoms. The normalized spacial score (nSPS) is 15.7. The Morgan fingerprint density at radius 2 is 1.40 bits per heavy atom. The molecule has 0 radical (unpaired) electrons. The van der Waals surface area contributed by atoms with E-state index in [9.17, 15) is 0 Å². The van der Waals surface area contributed by atoms with Crippen molar-refractivity contribution in [2.75, 3.05) is 0 Å². The molecular formula is C6H16Cl2PS+. The van der Waals surface area contributed by atoms with Crippen molar-refractivity contribution < 1.29 is 0 Å². The van der Waals surface area contributed by atoms with Gasteiger partial charge in [-0.3, -0.25) is 0 Å². The van der Waals surface area contributed by atoms with Crippen LogP contribution in [-0.4, -0.2) is 0 Å². The van der Waals surface area contributed by atoms with Gasteiger partial charge in [0.25, 0.3) is 0 Å². The zero-order chi connectivity index (χ0) is 6.41. The molecule has 0 bridgehead atoms. The lowest BCUT2D eigenvalue weighted by Crippen LogP contribution is -1.78. The number of rotatable bonds is 0. The molecule has 0 aromatic carbocycles. The molecule has 1 aliphatic carbocycles. The van der Waals surface area contributed by atoms with E-state index >= 15 is 0 Å². The Balaban J connectivity index is -0.000000114. The minimum absolute atomic E-state index is 0. The summed E-state index contributed by atoms with van der Waals surface area (Å²) in [6.07, 6.45) is 5.95. The van der Waals surface area contributed by atoms with Crippen LogP contribution in [0, 0.1) is 5.92 Å². The van der Waals surface area contributed by atoms with Crippen molar-refractivity contribution in [3.63, 3.8) is 0 Å². The first-order chi connectivity index (χ1) is 3.89. The third-order valence-electron chi connectivity index (χ3n) is 1.64. The molecule has 1 saturated carbocycles. The molecule has 10 heavy (non-hydrogen) atoms. The van der Waals surface area contributed by atoms with E-state index in [4.69, 9.17) is 0 Å². The average molecular weight is 222 g/mol. The summed E-state index contributed by atoms with van der Waals surface area (Å²) in [7, 11) is 2.00. The van der Waals surface area contributed by atoms with Crippen LogP contribution in [0.5, 0.6) is 0 Å². The van der Waals surface area contributed by atoms with Gasteiger partial charge in [-0.1, -0.05) is 32.6 Å². The van der Waals surface area contributed by atoms with E-state index in [1.807, 2.05) is 8.02 Å². The van der Waals surface area contributed by atoms with Gasteiger partial charge in [0.2, 0.25) is 0 Å². The van der Waals surface area contributed by atoms with Crippen LogP contribution in [0.1, 0.15) is 32.6 Å². The lowest BCUT2D eigenvalue weighted by Gasteiger charge is -1.91. The van der Waals surface area contributed by atoms with Crippen LogP contribution in [0.25, 0.3) is 0 Å². The van der Waals surface area contributed by atoms with E-state index in [2.05, 4.69) is 18.7 Å². The van der Waals surface area contributed by atoms with Gasteiger partial charge < -0.3 is 0 Å². The molecule has 1 unspecified atom stereocenters. The van der Waals surface area contributed by atoms with Crippen LogP contribution in [-0.2, 0) is 11.8 Å². The number of hydrogen-bond acceptors (Lipinski definition) is 1. The van der Waals surface area contributed by atoms with Gasteiger partial charge in [-0.2, -0.15) is 0 Å². The van der Waals surface area contributed by atoms with E-state index in [1.165, 1.54) is 25.7 Å². The van der Waals surface area contributed by atoms with E-state index < -0.39 is 0 Å². The Hall–Kier alpha value is 1.10. The summed E-state index contributed by atoms with van der Waals surface area (Å²) in [6.45, 7) is 2.34. The summed E-state index contributed by atoms with van der Waals surface area (Å²) < 4.78 is 0. The number of hydrogen-bond donors (Lipinski definition) is 0. The average Bonchev–Trinajstić information content (AvgIpc) is 2.24. The summed E-state index contributed by atoms with van der Waals surface area (Å²) in [5, 5.41) is 0. The summed E-state index contributed by atoms with van der Waals surface area (Å²) >= 11 is 4.00. The molecule has 0 saturated heterocycles. The van der Waals surface area contributed by atoms with Crippen LogP contribution < -0.4 is 0 Å². The standard InChI is InChI=1S/C6H12.2ClH.HPS/c1-6-4-2-3-5-6;;;1-2/h6H,2-5H2,1H3;2*1H;1H/p+1. The Morgan fingerprint density at radius 1 is 1.10 bits per heavy atom. The van der Waals surface area contributed by atoms with Crippen molar-refractivity contribution in [3.8, 4) is 0 Å². The highest BCUT2D eigenvalue weighted by Gasteiger charge is 2.07. The van der Waals surface area contributed by atoms with Gasteiger partial charge in [-0.05, 0) is 5.92 Å². The van der Waals surface area contributed by atoms with Crippen molar-refractivity contribution >= 4 is 44.6 Å². The monoisotopic (exact) mass is 221 g/mol. The predicted molar refractivity (Wildman–Crippen MR) is 59.2 cm³/mol. The smallest absolute Gasteiger partial charge is 0.147 e. The molecule has 1 aliphatic rings. The first-order valence-corrected chi connectivity index (χ1v) is 5.02. The predicted octanol–water partition coefficient (Wildman–Crippen LogP) is 3.36. The zero-order valence-electron chi connectivity index (χ0n) is 6.21. The molecule has 1 atom stereocenters. The molecule has 1 rings (SSSR count). The van der Waals surface area contributed by atoms with Crippen molar-refractivity contribution in [1.82, 2.24) is 0 Å².